The Kier molecular flexibility index (Phi) is 5.43. The first-order valence-corrected chi connectivity index (χ1v) is 11.4. The molecular formula is C18H19ClFN2O8PS. The number of aromatic nitrogens is 2. The number of aliphatic hydroxyl groups is 2. The van der Waals surface area contributed by atoms with Crippen LogP contribution in [0.25, 0.3) is 0 Å². The second kappa shape index (κ2) is 8.30. The van der Waals surface area contributed by atoms with Gasteiger partial charge in [0.2, 0.25) is 0 Å². The first-order valence-electron chi connectivity index (χ1n) is 10.2. The van der Waals surface area contributed by atoms with Crippen molar-refractivity contribution in [3.63, 3.8) is 0 Å². The highest BCUT2D eigenvalue weighted by atomic mass is 35.5. The summed E-state index contributed by atoms with van der Waals surface area (Å²) in [5.41, 5.74) is 0.972. The number of halogens is 2. The van der Waals surface area contributed by atoms with E-state index in [1.165, 1.54) is 0 Å². The minimum atomic E-state index is -4.76. The number of nitrogens with zero attached hydrogens (tertiary/aromatic N) is 1. The molecule has 3 N–H and O–H groups in total. The number of aromatic amines is 1. The number of phosphoric acid groups is 1. The first kappa shape index (κ1) is 20.9. The molecule has 0 amide bonds. The van der Waals surface area contributed by atoms with Crippen molar-refractivity contribution < 1.29 is 40.2 Å². The second-order valence-corrected chi connectivity index (χ2v) is 9.64. The van der Waals surface area contributed by atoms with E-state index >= 15 is 4.39 Å². The lowest BCUT2D eigenvalue weighted by Gasteiger charge is -2.29. The van der Waals surface area contributed by atoms with Gasteiger partial charge in [0.1, 0.15) is 29.2 Å². The highest BCUT2D eigenvalue weighted by molar-refractivity contribution is 7.71. The number of aryl methyl sites for hydroxylation is 2. The Morgan fingerprint density at radius 2 is 2.22 bits per heavy atom. The Morgan fingerprint density at radius 3 is 2.94 bits per heavy atom. The zero-order valence-corrected chi connectivity index (χ0v) is 19.0. The molecule has 14 heteroatoms. The Bertz CT molecular complexity index is 1330. The van der Waals surface area contributed by atoms with Crippen molar-refractivity contribution in [1.29, 1.82) is 0 Å². The van der Waals surface area contributed by atoms with E-state index in [0.29, 0.717) is 15.7 Å². The number of nitrogens with one attached hydrogen (secondary N) is 1. The maximum absolute atomic E-state index is 15.8. The van der Waals surface area contributed by atoms with Crippen LogP contribution in [0.2, 0.25) is 5.02 Å². The number of alkyl halides is 1. The number of benzene rings is 1. The van der Waals surface area contributed by atoms with Crippen molar-refractivity contribution in [2.24, 2.45) is 0 Å². The predicted molar refractivity (Wildman–Crippen MR) is 112 cm³/mol. The Labute approximate surface area is 193 Å². The van der Waals surface area contributed by atoms with Gasteiger partial charge in [0.15, 0.2) is 6.23 Å². The van der Waals surface area contributed by atoms with Gasteiger partial charge < -0.3 is 19.5 Å². The summed E-state index contributed by atoms with van der Waals surface area (Å²) in [5.74, 6) is -3.70. The molecule has 4 rings (SSSR count). The molecule has 0 radical (unpaired) electrons. The third-order valence-electron chi connectivity index (χ3n) is 4.86. The van der Waals surface area contributed by atoms with Gasteiger partial charge in [-0.2, -0.15) is 0 Å². The zero-order valence-electron chi connectivity index (χ0n) is 18.6. The fourth-order valence-electron chi connectivity index (χ4n) is 3.38. The van der Waals surface area contributed by atoms with E-state index in [2.05, 4.69) is 4.98 Å². The van der Waals surface area contributed by atoms with E-state index in [1.807, 2.05) is 6.92 Å². The van der Waals surface area contributed by atoms with Crippen LogP contribution in [0.15, 0.2) is 23.1 Å². The standard InChI is InChI=1S/C18H19ClFN2O8PS/c1-8-3-9(2)13-10(4-8)6-27-31(26,30-13)28-7-18(20)14(24)12(23)16(29-18)22-5-11(19)15(32)21-17(22)25/h3-5,12,14,16,23-24H,6-7H2,1-2H3,(H,21,25,32)/t12-,14+,16-,18-,31?/m1/s1/i7D2. The molecule has 174 valence electrons. The van der Waals surface area contributed by atoms with E-state index in [1.54, 1.807) is 19.1 Å². The Balaban J connectivity index is 1.64. The van der Waals surface area contributed by atoms with Gasteiger partial charge in [0.05, 0.1) is 14.4 Å². The van der Waals surface area contributed by atoms with Crippen LogP contribution in [0.1, 0.15) is 25.7 Å². The SMILES string of the molecule is [2H]C([2H])(OP1(=O)OCc2cc(C)cc(C)c2O1)[C@@]1(F)O[C@@H](n2cc(Cl)c(=S)[nH]c2=O)[C@H](O)[C@@H]1O. The third kappa shape index (κ3) is 4.17. The fourth-order valence-corrected chi connectivity index (χ4v) is 4.83. The molecule has 2 aliphatic heterocycles. The summed E-state index contributed by atoms with van der Waals surface area (Å²) < 4.78 is 65.5. The van der Waals surface area contributed by atoms with Crippen LogP contribution >= 0.6 is 31.6 Å². The van der Waals surface area contributed by atoms with E-state index in [4.69, 9.17) is 44.9 Å². The summed E-state index contributed by atoms with van der Waals surface area (Å²) in [4.78, 5) is 14.4. The second-order valence-electron chi connectivity index (χ2n) is 7.31. The summed E-state index contributed by atoms with van der Waals surface area (Å²) >= 11 is 10.7. The minimum Gasteiger partial charge on any atom is -0.403 e. The van der Waals surface area contributed by atoms with Gasteiger partial charge >= 0.3 is 13.5 Å². The van der Waals surface area contributed by atoms with E-state index in [-0.39, 0.29) is 22.0 Å². The number of hydrogen-bond acceptors (Lipinski definition) is 9. The largest absolute Gasteiger partial charge is 0.530 e. The van der Waals surface area contributed by atoms with E-state index in [9.17, 15) is 19.6 Å². The molecule has 1 aromatic heterocycles. The van der Waals surface area contributed by atoms with Crippen molar-refractivity contribution >= 4 is 31.6 Å². The van der Waals surface area contributed by atoms with Gasteiger partial charge in [0.25, 0.3) is 5.85 Å². The average Bonchev–Trinajstić information content (AvgIpc) is 2.96. The quantitative estimate of drug-likeness (QED) is 0.419. The molecule has 1 aromatic carbocycles. The summed E-state index contributed by atoms with van der Waals surface area (Å²) in [5, 5.41) is 20.5. The predicted octanol–water partition coefficient (Wildman–Crippen LogP) is 2.83. The van der Waals surface area contributed by atoms with Crippen molar-refractivity contribution in [2.75, 3.05) is 6.56 Å². The fraction of sp³-hybridized carbons (Fsp3) is 0.444. The number of phosphoric ester groups is 1. The molecule has 0 saturated carbocycles. The number of rotatable bonds is 4. The molecule has 1 unspecified atom stereocenters. The maximum atomic E-state index is 15.8. The van der Waals surface area contributed by atoms with Gasteiger partial charge in [-0.3, -0.25) is 18.6 Å². The van der Waals surface area contributed by atoms with Gasteiger partial charge in [0, 0.05) is 11.8 Å². The normalized spacial score (nSPS) is 33.2. The molecule has 1 fully saturated rings. The van der Waals surface area contributed by atoms with Gasteiger partial charge in [-0.15, -0.1) is 0 Å². The van der Waals surface area contributed by atoms with Crippen LogP contribution in [0.3, 0.4) is 0 Å². The molecule has 2 aliphatic rings. The summed E-state index contributed by atoms with van der Waals surface area (Å²) in [6, 6.07) is 3.43. The Hall–Kier alpha value is -1.63. The molecule has 0 bridgehead atoms. The molecule has 1 saturated heterocycles. The molecular weight excluding hydrogens is 490 g/mol. The topological polar surface area (TPSA) is 132 Å². The van der Waals surface area contributed by atoms with Crippen molar-refractivity contribution in [1.82, 2.24) is 9.55 Å². The van der Waals surface area contributed by atoms with Gasteiger partial charge in [-0.05, 0) is 19.4 Å². The lowest BCUT2D eigenvalue weighted by Crippen LogP contribution is -2.43. The molecule has 0 aliphatic carbocycles. The van der Waals surface area contributed by atoms with Crippen LogP contribution in [0.5, 0.6) is 5.75 Å². The van der Waals surface area contributed by atoms with Crippen molar-refractivity contribution in [3.8, 4) is 5.75 Å². The lowest BCUT2D eigenvalue weighted by atomic mass is 10.1. The maximum Gasteiger partial charge on any atom is 0.530 e. The molecule has 10 nitrogen and oxygen atoms in total. The van der Waals surface area contributed by atoms with Crippen LogP contribution in [0.4, 0.5) is 4.39 Å². The van der Waals surface area contributed by atoms with Gasteiger partial charge in [-0.1, -0.05) is 41.5 Å². The van der Waals surface area contributed by atoms with Crippen LogP contribution in [-0.2, 0) is 25.0 Å². The summed E-state index contributed by atoms with van der Waals surface area (Å²) in [6.45, 7) is -0.493. The lowest BCUT2D eigenvalue weighted by molar-refractivity contribution is -0.205. The summed E-state index contributed by atoms with van der Waals surface area (Å²) in [6.07, 6.45) is -5.78. The Morgan fingerprint density at radius 1 is 1.50 bits per heavy atom. The van der Waals surface area contributed by atoms with Crippen LogP contribution in [0, 0.1) is 18.5 Å². The van der Waals surface area contributed by atoms with Crippen molar-refractivity contribution in [3.05, 3.63) is 55.2 Å². The van der Waals surface area contributed by atoms with E-state index < -0.39 is 44.4 Å². The molecule has 3 heterocycles. The molecule has 0 spiro atoms. The number of ether oxygens (including phenoxy) is 1. The number of hydrogen-bond donors (Lipinski definition) is 3. The molecule has 32 heavy (non-hydrogen) atoms. The number of fused-ring (bicyclic) bond motifs is 1. The van der Waals surface area contributed by atoms with Crippen LogP contribution in [-0.4, -0.2) is 44.4 Å². The monoisotopic (exact) mass is 510 g/mol. The third-order valence-corrected chi connectivity index (χ3v) is 6.75. The number of aliphatic hydroxyl groups excluding tert-OH is 2. The molecule has 2 aromatic rings. The highest BCUT2D eigenvalue weighted by Crippen LogP contribution is 2.56. The molecule has 5 atom stereocenters. The zero-order chi connectivity index (χ0) is 25.2. The highest BCUT2D eigenvalue weighted by Gasteiger charge is 2.57. The van der Waals surface area contributed by atoms with E-state index in [0.717, 1.165) is 11.8 Å². The number of H-pyrrole nitrogens is 1. The smallest absolute Gasteiger partial charge is 0.403 e. The van der Waals surface area contributed by atoms with Crippen LogP contribution < -0.4 is 10.2 Å². The average molecular weight is 511 g/mol. The van der Waals surface area contributed by atoms with Crippen molar-refractivity contribution in [2.45, 2.75) is 44.7 Å². The minimum absolute atomic E-state index is 0.121. The van der Waals surface area contributed by atoms with Gasteiger partial charge in [-0.25, -0.2) is 13.8 Å². The summed E-state index contributed by atoms with van der Waals surface area (Å²) in [7, 11) is -4.76. The first-order chi connectivity index (χ1) is 15.7.